The van der Waals surface area contributed by atoms with Gasteiger partial charge in [0.05, 0.1) is 12.7 Å². The Morgan fingerprint density at radius 3 is 2.79 bits per heavy atom. The van der Waals surface area contributed by atoms with Gasteiger partial charge in [-0.15, -0.1) is 0 Å². The van der Waals surface area contributed by atoms with Crippen LogP contribution in [0.15, 0.2) is 42.6 Å². The van der Waals surface area contributed by atoms with Crippen LogP contribution >= 0.6 is 0 Å². The van der Waals surface area contributed by atoms with Crippen molar-refractivity contribution < 1.29 is 9.84 Å². The minimum absolute atomic E-state index is 0.347. The second kappa shape index (κ2) is 6.70. The average Bonchev–Trinajstić information content (AvgIpc) is 2.46. The standard InChI is InChI=1S/C14H17N3O2/c1-2-19-13-8-9-15-14(17-13)16-10-12(18)11-6-4-3-5-7-11/h3-9,12,18H,2,10H2,1H3,(H,15,16,17). The molecule has 0 bridgehead atoms. The van der Waals surface area contributed by atoms with Crippen LogP contribution in [0.2, 0.25) is 0 Å². The van der Waals surface area contributed by atoms with E-state index in [0.717, 1.165) is 5.56 Å². The Morgan fingerprint density at radius 1 is 1.26 bits per heavy atom. The highest BCUT2D eigenvalue weighted by Gasteiger charge is 2.07. The summed E-state index contributed by atoms with van der Waals surface area (Å²) in [4.78, 5) is 8.25. The molecular formula is C14H17N3O2. The molecule has 2 rings (SSSR count). The van der Waals surface area contributed by atoms with Crippen LogP contribution in [-0.2, 0) is 0 Å². The monoisotopic (exact) mass is 259 g/mol. The van der Waals surface area contributed by atoms with Gasteiger partial charge in [0.2, 0.25) is 11.8 Å². The summed E-state index contributed by atoms with van der Waals surface area (Å²) < 4.78 is 5.28. The maximum Gasteiger partial charge on any atom is 0.226 e. The summed E-state index contributed by atoms with van der Waals surface area (Å²) in [5, 5.41) is 13.0. The lowest BCUT2D eigenvalue weighted by Gasteiger charge is -2.12. The first-order valence-electron chi connectivity index (χ1n) is 6.22. The zero-order chi connectivity index (χ0) is 13.5. The topological polar surface area (TPSA) is 67.3 Å². The maximum atomic E-state index is 10.0. The first-order valence-corrected chi connectivity index (χ1v) is 6.22. The van der Waals surface area contributed by atoms with E-state index in [-0.39, 0.29) is 0 Å². The summed E-state index contributed by atoms with van der Waals surface area (Å²) in [7, 11) is 0. The lowest BCUT2D eigenvalue weighted by atomic mass is 10.1. The molecule has 0 spiro atoms. The Labute approximate surface area is 112 Å². The number of nitrogens with one attached hydrogen (secondary N) is 1. The van der Waals surface area contributed by atoms with Crippen LogP contribution in [0.25, 0.3) is 0 Å². The molecule has 2 aromatic rings. The molecule has 0 saturated carbocycles. The molecule has 19 heavy (non-hydrogen) atoms. The van der Waals surface area contributed by atoms with Gasteiger partial charge in [-0.05, 0) is 12.5 Å². The van der Waals surface area contributed by atoms with Crippen LogP contribution < -0.4 is 10.1 Å². The van der Waals surface area contributed by atoms with Gasteiger partial charge in [0.15, 0.2) is 0 Å². The number of anilines is 1. The van der Waals surface area contributed by atoms with E-state index in [9.17, 15) is 5.11 Å². The number of hydrogen-bond donors (Lipinski definition) is 2. The van der Waals surface area contributed by atoms with Crippen molar-refractivity contribution in [2.24, 2.45) is 0 Å². The van der Waals surface area contributed by atoms with Crippen molar-refractivity contribution in [3.05, 3.63) is 48.2 Å². The summed E-state index contributed by atoms with van der Waals surface area (Å²) in [6.45, 7) is 2.80. The molecule has 0 saturated heterocycles. The van der Waals surface area contributed by atoms with Gasteiger partial charge in [-0.1, -0.05) is 30.3 Å². The van der Waals surface area contributed by atoms with Gasteiger partial charge in [-0.2, -0.15) is 4.98 Å². The van der Waals surface area contributed by atoms with Crippen LogP contribution in [0.1, 0.15) is 18.6 Å². The molecule has 0 fully saturated rings. The van der Waals surface area contributed by atoms with Crippen LogP contribution in [0.4, 0.5) is 5.95 Å². The Hall–Kier alpha value is -2.14. The van der Waals surface area contributed by atoms with Gasteiger partial charge < -0.3 is 15.2 Å². The number of nitrogens with zero attached hydrogens (tertiary/aromatic N) is 2. The second-order valence-corrected chi connectivity index (χ2v) is 3.96. The van der Waals surface area contributed by atoms with Gasteiger partial charge in [0.25, 0.3) is 0 Å². The molecular weight excluding hydrogens is 242 g/mol. The fourth-order valence-electron chi connectivity index (χ4n) is 1.64. The third-order valence-corrected chi connectivity index (χ3v) is 2.56. The van der Waals surface area contributed by atoms with Crippen molar-refractivity contribution in [2.75, 3.05) is 18.5 Å². The van der Waals surface area contributed by atoms with Crippen LogP contribution in [0.5, 0.6) is 5.88 Å². The predicted octanol–water partition coefficient (Wildman–Crippen LogP) is 2.02. The Kier molecular flexibility index (Phi) is 4.69. The zero-order valence-electron chi connectivity index (χ0n) is 10.8. The quantitative estimate of drug-likeness (QED) is 0.830. The number of aliphatic hydroxyl groups is 1. The van der Waals surface area contributed by atoms with E-state index in [1.807, 2.05) is 37.3 Å². The minimum atomic E-state index is -0.597. The van der Waals surface area contributed by atoms with E-state index < -0.39 is 6.10 Å². The Bertz CT molecular complexity index is 505. The van der Waals surface area contributed by atoms with Crippen LogP contribution in [0.3, 0.4) is 0 Å². The smallest absolute Gasteiger partial charge is 0.226 e. The number of hydrogen-bond acceptors (Lipinski definition) is 5. The summed E-state index contributed by atoms with van der Waals surface area (Å²) >= 11 is 0. The molecule has 0 amide bonds. The number of aromatic nitrogens is 2. The van der Waals surface area contributed by atoms with Gasteiger partial charge in [-0.3, -0.25) is 0 Å². The molecule has 0 aliphatic carbocycles. The third-order valence-electron chi connectivity index (χ3n) is 2.56. The summed E-state index contributed by atoms with van der Waals surface area (Å²) in [5.41, 5.74) is 0.857. The number of benzene rings is 1. The van der Waals surface area contributed by atoms with E-state index in [2.05, 4.69) is 15.3 Å². The molecule has 1 unspecified atom stereocenters. The van der Waals surface area contributed by atoms with E-state index in [0.29, 0.717) is 25.0 Å². The van der Waals surface area contributed by atoms with Crippen molar-refractivity contribution in [1.29, 1.82) is 0 Å². The maximum absolute atomic E-state index is 10.0. The number of ether oxygens (including phenoxy) is 1. The van der Waals surface area contributed by atoms with Crippen LogP contribution in [0, 0.1) is 0 Å². The van der Waals surface area contributed by atoms with E-state index in [1.54, 1.807) is 12.3 Å². The lowest BCUT2D eigenvalue weighted by Crippen LogP contribution is -2.14. The van der Waals surface area contributed by atoms with Crippen molar-refractivity contribution in [1.82, 2.24) is 9.97 Å². The third kappa shape index (κ3) is 3.93. The van der Waals surface area contributed by atoms with Crippen molar-refractivity contribution in [2.45, 2.75) is 13.0 Å². The predicted molar refractivity (Wildman–Crippen MR) is 73.1 cm³/mol. The molecule has 1 atom stereocenters. The van der Waals surface area contributed by atoms with Crippen molar-refractivity contribution in [3.63, 3.8) is 0 Å². The van der Waals surface area contributed by atoms with Gasteiger partial charge in [0.1, 0.15) is 0 Å². The average molecular weight is 259 g/mol. The molecule has 0 aliphatic rings. The molecule has 5 heteroatoms. The highest BCUT2D eigenvalue weighted by Crippen LogP contribution is 2.13. The zero-order valence-corrected chi connectivity index (χ0v) is 10.8. The summed E-state index contributed by atoms with van der Waals surface area (Å²) in [5.74, 6) is 0.968. The molecule has 1 aromatic heterocycles. The molecule has 5 nitrogen and oxygen atoms in total. The van der Waals surface area contributed by atoms with Crippen LogP contribution in [-0.4, -0.2) is 28.2 Å². The first-order chi connectivity index (χ1) is 9.29. The van der Waals surface area contributed by atoms with E-state index in [4.69, 9.17) is 4.74 Å². The fourth-order valence-corrected chi connectivity index (χ4v) is 1.64. The first kappa shape index (κ1) is 13.3. The van der Waals surface area contributed by atoms with Gasteiger partial charge in [0, 0.05) is 18.8 Å². The molecule has 0 radical (unpaired) electrons. The SMILES string of the molecule is CCOc1ccnc(NCC(O)c2ccccc2)n1. The molecule has 2 N–H and O–H groups in total. The van der Waals surface area contributed by atoms with E-state index in [1.165, 1.54) is 0 Å². The highest BCUT2D eigenvalue weighted by atomic mass is 16.5. The normalized spacial score (nSPS) is 11.9. The van der Waals surface area contributed by atoms with Gasteiger partial charge in [-0.25, -0.2) is 4.98 Å². The van der Waals surface area contributed by atoms with Gasteiger partial charge >= 0.3 is 0 Å². The van der Waals surface area contributed by atoms with Crippen molar-refractivity contribution >= 4 is 5.95 Å². The Balaban J connectivity index is 1.93. The summed E-state index contributed by atoms with van der Waals surface area (Å²) in [6, 6.07) is 11.2. The molecule has 1 heterocycles. The van der Waals surface area contributed by atoms with Crippen molar-refractivity contribution in [3.8, 4) is 5.88 Å². The minimum Gasteiger partial charge on any atom is -0.478 e. The fraction of sp³-hybridized carbons (Fsp3) is 0.286. The van der Waals surface area contributed by atoms with E-state index >= 15 is 0 Å². The Morgan fingerprint density at radius 2 is 2.05 bits per heavy atom. The largest absolute Gasteiger partial charge is 0.478 e. The number of rotatable bonds is 6. The number of aliphatic hydroxyl groups excluding tert-OH is 1. The lowest BCUT2D eigenvalue weighted by molar-refractivity contribution is 0.191. The molecule has 0 aliphatic heterocycles. The second-order valence-electron chi connectivity index (χ2n) is 3.96. The molecule has 1 aromatic carbocycles. The highest BCUT2D eigenvalue weighted by molar-refractivity contribution is 5.29. The molecule has 100 valence electrons. The summed E-state index contributed by atoms with van der Waals surface area (Å²) in [6.07, 6.45) is 1.02.